The first-order valence-corrected chi connectivity index (χ1v) is 8.31. The number of aromatic amines is 1. The predicted molar refractivity (Wildman–Crippen MR) is 96.1 cm³/mol. The monoisotopic (exact) mass is 392 g/mol. The number of aromatic nitrogens is 1. The number of ether oxygens (including phenoxy) is 1. The number of nitrogens with one attached hydrogen (secondary N) is 1. The number of carbonyl (C=O) groups is 1. The van der Waals surface area contributed by atoms with Gasteiger partial charge in [-0.25, -0.2) is 0 Å². The number of non-ortho nitro benzene ring substituents is 1. The number of carbonyl (C=O) groups excluding carboxylic acids is 1. The van der Waals surface area contributed by atoms with Gasteiger partial charge in [0.15, 0.2) is 0 Å². The van der Waals surface area contributed by atoms with E-state index in [9.17, 15) is 28.1 Å². The first-order valence-electron chi connectivity index (χ1n) is 8.31. The lowest BCUT2D eigenvalue weighted by Gasteiger charge is -2.08. The van der Waals surface area contributed by atoms with Crippen molar-refractivity contribution >= 4 is 22.4 Å². The number of halogens is 3. The van der Waals surface area contributed by atoms with Crippen LogP contribution in [0.15, 0.2) is 42.5 Å². The molecule has 9 heteroatoms. The van der Waals surface area contributed by atoms with E-state index in [1.54, 1.807) is 25.1 Å². The number of ketones is 1. The van der Waals surface area contributed by atoms with Crippen LogP contribution in [0.5, 0.6) is 0 Å². The average molecular weight is 392 g/mol. The molecule has 0 amide bonds. The molecule has 1 N–H and O–H groups in total. The Morgan fingerprint density at radius 1 is 1.21 bits per heavy atom. The molecular weight excluding hydrogens is 377 g/mol. The van der Waals surface area contributed by atoms with Gasteiger partial charge in [0, 0.05) is 18.1 Å². The summed E-state index contributed by atoms with van der Waals surface area (Å²) in [5, 5.41) is 11.3. The first kappa shape index (κ1) is 19.6. The van der Waals surface area contributed by atoms with Crippen LogP contribution in [0.3, 0.4) is 0 Å². The van der Waals surface area contributed by atoms with E-state index < -0.39 is 28.1 Å². The highest BCUT2D eigenvalue weighted by atomic mass is 19.4. The molecule has 0 atom stereocenters. The van der Waals surface area contributed by atoms with Crippen LogP contribution in [-0.2, 0) is 11.3 Å². The lowest BCUT2D eigenvalue weighted by atomic mass is 10.00. The van der Waals surface area contributed by atoms with Gasteiger partial charge in [-0.3, -0.25) is 14.9 Å². The van der Waals surface area contributed by atoms with Crippen molar-refractivity contribution in [1.29, 1.82) is 0 Å². The summed E-state index contributed by atoms with van der Waals surface area (Å²) in [6.07, 6.45) is -5.14. The molecule has 0 aliphatic carbocycles. The van der Waals surface area contributed by atoms with Crippen molar-refractivity contribution in [3.63, 3.8) is 0 Å². The zero-order chi connectivity index (χ0) is 20.5. The highest BCUT2D eigenvalue weighted by Crippen LogP contribution is 2.39. The van der Waals surface area contributed by atoms with Crippen molar-refractivity contribution in [3.8, 4) is 11.3 Å². The van der Waals surface area contributed by atoms with Crippen LogP contribution in [0, 0.1) is 10.1 Å². The Labute approximate surface area is 157 Å². The molecule has 3 aromatic rings. The number of fused-ring (bicyclic) bond motifs is 1. The topological polar surface area (TPSA) is 85.2 Å². The average Bonchev–Trinajstić information content (AvgIpc) is 3.04. The molecular formula is C19H15F3N2O4. The Balaban J connectivity index is 2.38. The predicted octanol–water partition coefficient (Wildman–Crippen LogP) is 5.02. The van der Waals surface area contributed by atoms with Crippen LogP contribution in [0.4, 0.5) is 18.9 Å². The number of nitro groups is 1. The molecule has 3 rings (SSSR count). The number of benzene rings is 2. The molecule has 1 aromatic heterocycles. The third-order valence-electron chi connectivity index (χ3n) is 4.16. The van der Waals surface area contributed by atoms with Gasteiger partial charge in [-0.15, -0.1) is 0 Å². The summed E-state index contributed by atoms with van der Waals surface area (Å²) in [4.78, 5) is 25.7. The molecule has 0 saturated heterocycles. The highest BCUT2D eigenvalue weighted by molar-refractivity contribution is 6.16. The maximum absolute atomic E-state index is 13.3. The molecule has 28 heavy (non-hydrogen) atoms. The fraction of sp³-hybridized carbons (Fsp3) is 0.211. The molecule has 0 saturated carbocycles. The van der Waals surface area contributed by atoms with Crippen LogP contribution in [0.2, 0.25) is 0 Å². The van der Waals surface area contributed by atoms with E-state index in [1.807, 2.05) is 0 Å². The zero-order valence-electron chi connectivity index (χ0n) is 14.7. The largest absolute Gasteiger partial charge is 0.454 e. The van der Waals surface area contributed by atoms with E-state index in [1.165, 1.54) is 24.3 Å². The number of nitro benzene ring substituents is 1. The number of hydrogen-bond donors (Lipinski definition) is 1. The molecule has 0 radical (unpaired) electrons. The zero-order valence-corrected chi connectivity index (χ0v) is 14.7. The van der Waals surface area contributed by atoms with Gasteiger partial charge in [-0.05, 0) is 24.1 Å². The van der Waals surface area contributed by atoms with E-state index in [0.717, 1.165) is 0 Å². The van der Waals surface area contributed by atoms with E-state index in [-0.39, 0.29) is 23.2 Å². The van der Waals surface area contributed by atoms with E-state index in [0.29, 0.717) is 17.7 Å². The molecule has 146 valence electrons. The first-order chi connectivity index (χ1) is 13.2. The smallest absolute Gasteiger partial charge is 0.377 e. The number of alkyl halides is 3. The molecule has 0 aliphatic rings. The number of nitrogens with zero attached hydrogens (tertiary/aromatic N) is 1. The molecule has 0 bridgehead atoms. The third kappa shape index (κ3) is 3.61. The lowest BCUT2D eigenvalue weighted by molar-refractivity contribution is -0.383. The van der Waals surface area contributed by atoms with E-state index in [2.05, 4.69) is 4.98 Å². The Morgan fingerprint density at radius 2 is 1.89 bits per heavy atom. The van der Waals surface area contributed by atoms with Crippen LogP contribution < -0.4 is 0 Å². The van der Waals surface area contributed by atoms with E-state index in [4.69, 9.17) is 4.74 Å². The summed E-state index contributed by atoms with van der Waals surface area (Å²) in [5.41, 5.74) is -0.713. The molecule has 1 heterocycles. The van der Waals surface area contributed by atoms with Gasteiger partial charge in [0.2, 0.25) is 0 Å². The van der Waals surface area contributed by atoms with Crippen molar-refractivity contribution in [3.05, 3.63) is 63.7 Å². The Hall–Kier alpha value is -3.20. The van der Waals surface area contributed by atoms with Crippen LogP contribution in [0.1, 0.15) is 22.8 Å². The molecule has 2 aromatic carbocycles. The molecule has 0 fully saturated rings. The summed E-state index contributed by atoms with van der Waals surface area (Å²) in [6.45, 7) is 2.01. The second-order valence-electron chi connectivity index (χ2n) is 6.00. The van der Waals surface area contributed by atoms with Crippen molar-refractivity contribution < 1.29 is 27.6 Å². The second-order valence-corrected chi connectivity index (χ2v) is 6.00. The number of H-pyrrole nitrogens is 1. The Bertz CT molecular complexity index is 1040. The van der Waals surface area contributed by atoms with Crippen molar-refractivity contribution in [2.24, 2.45) is 0 Å². The lowest BCUT2D eigenvalue weighted by Crippen LogP contribution is -2.23. The molecule has 0 unspecified atom stereocenters. The fourth-order valence-corrected chi connectivity index (χ4v) is 2.98. The maximum atomic E-state index is 13.3. The number of rotatable bonds is 6. The SMILES string of the molecule is CCOCc1cc([N+](=O)[O-])c2[nH]c(-c3ccccc3)c(C(=O)C(F)(F)F)c2c1. The summed E-state index contributed by atoms with van der Waals surface area (Å²) >= 11 is 0. The van der Waals surface area contributed by atoms with Crippen molar-refractivity contribution in [2.75, 3.05) is 6.61 Å². The Morgan fingerprint density at radius 3 is 2.46 bits per heavy atom. The highest BCUT2D eigenvalue weighted by Gasteiger charge is 2.42. The van der Waals surface area contributed by atoms with Gasteiger partial charge < -0.3 is 9.72 Å². The van der Waals surface area contributed by atoms with Gasteiger partial charge in [0.05, 0.1) is 22.8 Å². The fourth-order valence-electron chi connectivity index (χ4n) is 2.98. The van der Waals surface area contributed by atoms with Crippen LogP contribution >= 0.6 is 0 Å². The number of hydrogen-bond acceptors (Lipinski definition) is 4. The van der Waals surface area contributed by atoms with Crippen molar-refractivity contribution in [1.82, 2.24) is 4.98 Å². The normalized spacial score (nSPS) is 11.7. The summed E-state index contributed by atoms with van der Waals surface area (Å²) in [6, 6.07) is 10.4. The standard InChI is InChI=1S/C19H15F3N2O4/c1-2-28-10-11-8-13-15(18(25)19(20,21)22)16(12-6-4-3-5-7-12)23-17(13)14(9-11)24(26)27/h3-9,23H,2,10H2,1H3. The minimum atomic E-state index is -5.14. The molecule has 0 aliphatic heterocycles. The van der Waals surface area contributed by atoms with Gasteiger partial charge in [-0.1, -0.05) is 30.3 Å². The van der Waals surface area contributed by atoms with Gasteiger partial charge in [0.1, 0.15) is 5.52 Å². The molecule has 6 nitrogen and oxygen atoms in total. The van der Waals surface area contributed by atoms with E-state index >= 15 is 0 Å². The van der Waals surface area contributed by atoms with Crippen LogP contribution in [-0.4, -0.2) is 28.5 Å². The minimum absolute atomic E-state index is 0.0290. The van der Waals surface area contributed by atoms with Gasteiger partial charge >= 0.3 is 6.18 Å². The summed E-state index contributed by atoms with van der Waals surface area (Å²) < 4.78 is 45.1. The minimum Gasteiger partial charge on any atom is -0.377 e. The van der Waals surface area contributed by atoms with Crippen LogP contribution in [0.25, 0.3) is 22.2 Å². The second kappa shape index (κ2) is 7.43. The summed E-state index contributed by atoms with van der Waals surface area (Å²) in [7, 11) is 0. The third-order valence-corrected chi connectivity index (χ3v) is 4.16. The summed E-state index contributed by atoms with van der Waals surface area (Å²) in [5.74, 6) is -2.07. The van der Waals surface area contributed by atoms with Gasteiger partial charge in [-0.2, -0.15) is 13.2 Å². The Kier molecular flexibility index (Phi) is 5.19. The quantitative estimate of drug-likeness (QED) is 0.362. The number of Topliss-reactive ketones (excluding diaryl/α,β-unsaturated/α-hetero) is 1. The van der Waals surface area contributed by atoms with Crippen molar-refractivity contribution in [2.45, 2.75) is 19.7 Å². The molecule has 0 spiro atoms. The van der Waals surface area contributed by atoms with Gasteiger partial charge in [0.25, 0.3) is 11.5 Å². The maximum Gasteiger partial charge on any atom is 0.454 e.